The normalized spacial score (nSPS) is 21.1. The van der Waals surface area contributed by atoms with Crippen molar-refractivity contribution >= 4 is 0 Å². The molecular formula is C12H17NO. The van der Waals surface area contributed by atoms with E-state index in [1.54, 1.807) is 0 Å². The van der Waals surface area contributed by atoms with Gasteiger partial charge in [-0.15, -0.1) is 0 Å². The molecule has 2 heteroatoms. The molecule has 1 atom stereocenters. The highest BCUT2D eigenvalue weighted by molar-refractivity contribution is 5.27. The Labute approximate surface area is 85.3 Å². The van der Waals surface area contributed by atoms with Crippen molar-refractivity contribution in [1.82, 2.24) is 5.32 Å². The number of benzene rings is 1. The summed E-state index contributed by atoms with van der Waals surface area (Å²) in [6.45, 7) is 4.23. The Morgan fingerprint density at radius 3 is 2.71 bits per heavy atom. The van der Waals surface area contributed by atoms with Gasteiger partial charge in [-0.05, 0) is 37.1 Å². The fourth-order valence-corrected chi connectivity index (χ4v) is 1.72. The van der Waals surface area contributed by atoms with Gasteiger partial charge in [-0.1, -0.05) is 19.1 Å². The van der Waals surface area contributed by atoms with Crippen LogP contribution in [0.15, 0.2) is 24.3 Å². The Hall–Kier alpha value is -1.02. The van der Waals surface area contributed by atoms with Gasteiger partial charge in [-0.25, -0.2) is 0 Å². The second-order valence-electron chi connectivity index (χ2n) is 3.73. The summed E-state index contributed by atoms with van der Waals surface area (Å²) in [5, 5.41) is 3.29. The predicted molar refractivity (Wildman–Crippen MR) is 57.7 cm³/mol. The fraction of sp³-hybridized carbons (Fsp3) is 0.500. The molecule has 1 heterocycles. The quantitative estimate of drug-likeness (QED) is 0.789. The van der Waals surface area contributed by atoms with E-state index in [0.29, 0.717) is 6.10 Å². The largest absolute Gasteiger partial charge is 0.489 e. The van der Waals surface area contributed by atoms with E-state index in [2.05, 4.69) is 36.5 Å². The van der Waals surface area contributed by atoms with E-state index < -0.39 is 0 Å². The second kappa shape index (κ2) is 4.47. The molecule has 1 aliphatic rings. The minimum atomic E-state index is 0.363. The number of rotatable bonds is 3. The molecular weight excluding hydrogens is 174 g/mol. The van der Waals surface area contributed by atoms with Crippen LogP contribution in [0.1, 0.15) is 18.9 Å². The Morgan fingerprint density at radius 2 is 2.14 bits per heavy atom. The lowest BCUT2D eigenvalue weighted by Crippen LogP contribution is -2.19. The topological polar surface area (TPSA) is 21.3 Å². The van der Waals surface area contributed by atoms with Gasteiger partial charge in [0.25, 0.3) is 0 Å². The van der Waals surface area contributed by atoms with Gasteiger partial charge in [0, 0.05) is 6.54 Å². The van der Waals surface area contributed by atoms with E-state index in [9.17, 15) is 0 Å². The first-order valence-corrected chi connectivity index (χ1v) is 5.35. The van der Waals surface area contributed by atoms with Crippen LogP contribution >= 0.6 is 0 Å². The molecule has 1 saturated heterocycles. The summed E-state index contributed by atoms with van der Waals surface area (Å²) in [4.78, 5) is 0. The molecule has 0 spiro atoms. The number of aryl methyl sites for hydroxylation is 1. The molecule has 76 valence electrons. The van der Waals surface area contributed by atoms with Crippen LogP contribution < -0.4 is 10.1 Å². The Morgan fingerprint density at radius 1 is 1.36 bits per heavy atom. The highest BCUT2D eigenvalue weighted by Crippen LogP contribution is 2.16. The van der Waals surface area contributed by atoms with Gasteiger partial charge >= 0.3 is 0 Å². The van der Waals surface area contributed by atoms with Crippen molar-refractivity contribution < 1.29 is 4.74 Å². The molecule has 0 amide bonds. The first-order chi connectivity index (χ1) is 6.88. The van der Waals surface area contributed by atoms with Crippen LogP contribution in [0.5, 0.6) is 5.75 Å². The van der Waals surface area contributed by atoms with E-state index in [0.717, 1.165) is 31.7 Å². The molecule has 1 aromatic rings. The molecule has 0 bridgehead atoms. The zero-order valence-corrected chi connectivity index (χ0v) is 8.62. The lowest BCUT2D eigenvalue weighted by Gasteiger charge is -2.12. The zero-order chi connectivity index (χ0) is 9.80. The van der Waals surface area contributed by atoms with Crippen LogP contribution in [0.4, 0.5) is 0 Å². The molecule has 14 heavy (non-hydrogen) atoms. The van der Waals surface area contributed by atoms with Crippen LogP contribution in [0, 0.1) is 0 Å². The third kappa shape index (κ3) is 2.26. The summed E-state index contributed by atoms with van der Waals surface area (Å²) in [6, 6.07) is 8.41. The summed E-state index contributed by atoms with van der Waals surface area (Å²) < 4.78 is 5.81. The van der Waals surface area contributed by atoms with Gasteiger partial charge in [-0.2, -0.15) is 0 Å². The van der Waals surface area contributed by atoms with Gasteiger partial charge in [0.2, 0.25) is 0 Å². The van der Waals surface area contributed by atoms with Gasteiger partial charge in [-0.3, -0.25) is 0 Å². The van der Waals surface area contributed by atoms with Crippen molar-refractivity contribution in [3.8, 4) is 5.75 Å². The highest BCUT2D eigenvalue weighted by Gasteiger charge is 2.15. The van der Waals surface area contributed by atoms with Crippen molar-refractivity contribution in [2.24, 2.45) is 0 Å². The first kappa shape index (κ1) is 9.53. The van der Waals surface area contributed by atoms with Crippen molar-refractivity contribution in [1.29, 1.82) is 0 Å². The van der Waals surface area contributed by atoms with Crippen LogP contribution in [0.3, 0.4) is 0 Å². The minimum absolute atomic E-state index is 0.363. The maximum atomic E-state index is 5.81. The predicted octanol–water partition coefficient (Wildman–Crippen LogP) is 1.99. The summed E-state index contributed by atoms with van der Waals surface area (Å²) in [5.41, 5.74) is 1.36. The van der Waals surface area contributed by atoms with E-state index in [-0.39, 0.29) is 0 Å². The van der Waals surface area contributed by atoms with Crippen LogP contribution in [0.25, 0.3) is 0 Å². The summed E-state index contributed by atoms with van der Waals surface area (Å²) in [6.07, 6.45) is 2.57. The maximum Gasteiger partial charge on any atom is 0.119 e. The molecule has 0 radical (unpaired) electrons. The third-order valence-electron chi connectivity index (χ3n) is 2.65. The van der Waals surface area contributed by atoms with E-state index in [4.69, 9.17) is 4.74 Å². The minimum Gasteiger partial charge on any atom is -0.489 e. The summed E-state index contributed by atoms with van der Waals surface area (Å²) in [7, 11) is 0. The van der Waals surface area contributed by atoms with Gasteiger partial charge in [0.15, 0.2) is 0 Å². The number of ether oxygens (including phenoxy) is 1. The van der Waals surface area contributed by atoms with Crippen LogP contribution in [0.2, 0.25) is 0 Å². The molecule has 0 saturated carbocycles. The molecule has 0 aliphatic carbocycles. The molecule has 1 N–H and O–H groups in total. The standard InChI is InChI=1S/C12H17NO/c1-2-10-3-5-11(6-4-10)14-12-7-8-13-9-12/h3-6,12-13H,2,7-9H2,1H3/t12-/m1/s1. The zero-order valence-electron chi connectivity index (χ0n) is 8.62. The van der Waals surface area contributed by atoms with E-state index in [1.807, 2.05) is 0 Å². The maximum absolute atomic E-state index is 5.81. The highest BCUT2D eigenvalue weighted by atomic mass is 16.5. The smallest absolute Gasteiger partial charge is 0.119 e. The van der Waals surface area contributed by atoms with Gasteiger partial charge < -0.3 is 10.1 Å². The molecule has 0 unspecified atom stereocenters. The number of nitrogens with one attached hydrogen (secondary N) is 1. The van der Waals surface area contributed by atoms with E-state index >= 15 is 0 Å². The third-order valence-corrected chi connectivity index (χ3v) is 2.65. The molecule has 1 aliphatic heterocycles. The first-order valence-electron chi connectivity index (χ1n) is 5.35. The average Bonchev–Trinajstić information content (AvgIpc) is 2.72. The molecule has 2 nitrogen and oxygen atoms in total. The van der Waals surface area contributed by atoms with Crippen molar-refractivity contribution in [2.45, 2.75) is 25.9 Å². The summed E-state index contributed by atoms with van der Waals surface area (Å²) in [5.74, 6) is 0.996. The molecule has 1 aromatic carbocycles. The second-order valence-corrected chi connectivity index (χ2v) is 3.73. The Balaban J connectivity index is 1.95. The van der Waals surface area contributed by atoms with Crippen LogP contribution in [-0.2, 0) is 6.42 Å². The monoisotopic (exact) mass is 191 g/mol. The summed E-state index contributed by atoms with van der Waals surface area (Å²) >= 11 is 0. The van der Waals surface area contributed by atoms with Crippen molar-refractivity contribution in [2.75, 3.05) is 13.1 Å². The lowest BCUT2D eigenvalue weighted by atomic mass is 10.2. The van der Waals surface area contributed by atoms with Crippen LogP contribution in [-0.4, -0.2) is 19.2 Å². The van der Waals surface area contributed by atoms with Crippen molar-refractivity contribution in [3.63, 3.8) is 0 Å². The van der Waals surface area contributed by atoms with E-state index in [1.165, 1.54) is 5.56 Å². The molecule has 0 aromatic heterocycles. The fourth-order valence-electron chi connectivity index (χ4n) is 1.72. The van der Waals surface area contributed by atoms with Gasteiger partial charge in [0.05, 0.1) is 0 Å². The average molecular weight is 191 g/mol. The lowest BCUT2D eigenvalue weighted by molar-refractivity contribution is 0.223. The van der Waals surface area contributed by atoms with Crippen molar-refractivity contribution in [3.05, 3.63) is 29.8 Å². The molecule has 1 fully saturated rings. The SMILES string of the molecule is CCc1ccc(O[C@@H]2CCNC2)cc1. The Bertz CT molecular complexity index is 275. The van der Waals surface area contributed by atoms with Gasteiger partial charge in [0.1, 0.15) is 11.9 Å². The Kier molecular flexibility index (Phi) is 3.04. The molecule has 2 rings (SSSR count). The number of hydrogen-bond donors (Lipinski definition) is 1. The number of hydrogen-bond acceptors (Lipinski definition) is 2.